The molecule has 0 aromatic heterocycles. The predicted molar refractivity (Wildman–Crippen MR) is 107 cm³/mol. The van der Waals surface area contributed by atoms with E-state index >= 15 is 0 Å². The molecule has 2 aliphatic rings. The number of anilines is 1. The number of esters is 1. The van der Waals surface area contributed by atoms with Crippen molar-refractivity contribution in [2.45, 2.75) is 70.9 Å². The van der Waals surface area contributed by atoms with Gasteiger partial charge in [0.05, 0.1) is 5.92 Å². The Morgan fingerprint density at radius 3 is 2.36 bits per heavy atom. The second kappa shape index (κ2) is 8.76. The Morgan fingerprint density at radius 2 is 1.75 bits per heavy atom. The van der Waals surface area contributed by atoms with Gasteiger partial charge < -0.3 is 15.0 Å². The molecule has 2 fully saturated rings. The standard InChI is InChI=1S/C22H30N2O4/c1-14(2)16-8-10-18(11-9-16)23-21(26)15(3)28-22(27)17-12-20(25)24(13-17)19-6-4-5-7-19/h8-11,14-15,17,19H,4-7,12-13H2,1-3H3,(H,23,26)/t15-,17+/m0/s1. The summed E-state index contributed by atoms with van der Waals surface area (Å²) in [6, 6.07) is 7.89. The first-order valence-corrected chi connectivity index (χ1v) is 10.3. The Labute approximate surface area is 166 Å². The molecule has 2 atom stereocenters. The van der Waals surface area contributed by atoms with Crippen LogP contribution in [0, 0.1) is 5.92 Å². The molecule has 0 radical (unpaired) electrons. The number of hydrogen-bond acceptors (Lipinski definition) is 4. The van der Waals surface area contributed by atoms with E-state index in [1.54, 1.807) is 6.92 Å². The molecule has 152 valence electrons. The third-order valence-electron chi connectivity index (χ3n) is 5.76. The molecule has 1 saturated carbocycles. The van der Waals surface area contributed by atoms with Crippen LogP contribution in [0.1, 0.15) is 64.4 Å². The van der Waals surface area contributed by atoms with Gasteiger partial charge in [0.2, 0.25) is 5.91 Å². The lowest BCUT2D eigenvalue weighted by atomic mass is 10.0. The van der Waals surface area contributed by atoms with Crippen molar-refractivity contribution in [1.82, 2.24) is 4.90 Å². The van der Waals surface area contributed by atoms with Crippen molar-refractivity contribution in [1.29, 1.82) is 0 Å². The van der Waals surface area contributed by atoms with Gasteiger partial charge in [-0.1, -0.05) is 38.8 Å². The van der Waals surface area contributed by atoms with Crippen LogP contribution in [-0.4, -0.2) is 41.4 Å². The molecule has 1 aliphatic heterocycles. The molecule has 0 bridgehead atoms. The first-order chi connectivity index (χ1) is 13.3. The van der Waals surface area contributed by atoms with E-state index in [4.69, 9.17) is 4.74 Å². The lowest BCUT2D eigenvalue weighted by molar-refractivity contribution is -0.157. The van der Waals surface area contributed by atoms with Crippen LogP contribution < -0.4 is 5.32 Å². The number of carbonyl (C=O) groups excluding carboxylic acids is 3. The third-order valence-corrected chi connectivity index (χ3v) is 5.76. The van der Waals surface area contributed by atoms with Crippen molar-refractivity contribution >= 4 is 23.5 Å². The first kappa shape index (κ1) is 20.4. The zero-order valence-electron chi connectivity index (χ0n) is 16.9. The number of carbonyl (C=O) groups is 3. The Morgan fingerprint density at radius 1 is 1.11 bits per heavy atom. The van der Waals surface area contributed by atoms with E-state index in [1.807, 2.05) is 29.2 Å². The number of nitrogens with one attached hydrogen (secondary N) is 1. The predicted octanol–water partition coefficient (Wildman–Crippen LogP) is 3.47. The number of amides is 2. The van der Waals surface area contributed by atoms with Crippen molar-refractivity contribution in [3.05, 3.63) is 29.8 Å². The van der Waals surface area contributed by atoms with Gasteiger partial charge in [0.1, 0.15) is 0 Å². The molecular weight excluding hydrogens is 356 g/mol. The van der Waals surface area contributed by atoms with Gasteiger partial charge in [0, 0.05) is 24.7 Å². The van der Waals surface area contributed by atoms with Gasteiger partial charge >= 0.3 is 5.97 Å². The topological polar surface area (TPSA) is 75.7 Å². The molecule has 6 heteroatoms. The van der Waals surface area contributed by atoms with Crippen molar-refractivity contribution in [2.75, 3.05) is 11.9 Å². The van der Waals surface area contributed by atoms with Crippen LogP contribution in [0.15, 0.2) is 24.3 Å². The van der Waals surface area contributed by atoms with Gasteiger partial charge in [-0.25, -0.2) is 0 Å². The number of likely N-dealkylation sites (tertiary alicyclic amines) is 1. The van der Waals surface area contributed by atoms with Gasteiger partial charge in [-0.2, -0.15) is 0 Å². The highest BCUT2D eigenvalue weighted by molar-refractivity contribution is 5.95. The number of rotatable bonds is 6. The summed E-state index contributed by atoms with van der Waals surface area (Å²) < 4.78 is 5.36. The maximum Gasteiger partial charge on any atom is 0.312 e. The Kier molecular flexibility index (Phi) is 6.37. The van der Waals surface area contributed by atoms with E-state index < -0.39 is 18.0 Å². The fraction of sp³-hybridized carbons (Fsp3) is 0.591. The quantitative estimate of drug-likeness (QED) is 0.760. The SMILES string of the molecule is CC(C)c1ccc(NC(=O)[C@H](C)OC(=O)[C@@H]2CC(=O)N(C3CCCC3)C2)cc1. The molecule has 1 heterocycles. The third kappa shape index (κ3) is 4.72. The van der Waals surface area contributed by atoms with Crippen LogP contribution in [0.4, 0.5) is 5.69 Å². The van der Waals surface area contributed by atoms with Crippen molar-refractivity contribution in [3.8, 4) is 0 Å². The molecule has 1 saturated heterocycles. The van der Waals surface area contributed by atoms with Gasteiger partial charge in [0.25, 0.3) is 5.91 Å². The van der Waals surface area contributed by atoms with E-state index in [1.165, 1.54) is 5.56 Å². The summed E-state index contributed by atoms with van der Waals surface area (Å²) in [7, 11) is 0. The van der Waals surface area contributed by atoms with Crippen LogP contribution in [0.2, 0.25) is 0 Å². The maximum absolute atomic E-state index is 12.5. The average molecular weight is 386 g/mol. The molecule has 0 spiro atoms. The summed E-state index contributed by atoms with van der Waals surface area (Å²) in [5.74, 6) is -0.873. The molecule has 1 aliphatic carbocycles. The van der Waals surface area contributed by atoms with Crippen molar-refractivity contribution in [3.63, 3.8) is 0 Å². The monoisotopic (exact) mass is 386 g/mol. The molecule has 0 unspecified atom stereocenters. The molecule has 3 rings (SSSR count). The fourth-order valence-corrected chi connectivity index (χ4v) is 3.98. The molecule has 1 aromatic rings. The Balaban J connectivity index is 1.50. The van der Waals surface area contributed by atoms with Gasteiger partial charge in [0.15, 0.2) is 6.10 Å². The molecule has 1 aromatic carbocycles. The zero-order chi connectivity index (χ0) is 20.3. The van der Waals surface area contributed by atoms with Gasteiger partial charge in [-0.15, -0.1) is 0 Å². The molecule has 28 heavy (non-hydrogen) atoms. The lowest BCUT2D eigenvalue weighted by Gasteiger charge is -2.24. The number of hydrogen-bond donors (Lipinski definition) is 1. The highest BCUT2D eigenvalue weighted by Crippen LogP contribution is 2.30. The second-order valence-electron chi connectivity index (χ2n) is 8.23. The van der Waals surface area contributed by atoms with Crippen molar-refractivity contribution in [2.24, 2.45) is 5.92 Å². The van der Waals surface area contributed by atoms with Crippen LogP contribution >= 0.6 is 0 Å². The summed E-state index contributed by atoms with van der Waals surface area (Å²) in [5, 5.41) is 2.77. The first-order valence-electron chi connectivity index (χ1n) is 10.3. The van der Waals surface area contributed by atoms with Crippen LogP contribution in [0.25, 0.3) is 0 Å². The van der Waals surface area contributed by atoms with Crippen LogP contribution in [0.5, 0.6) is 0 Å². The highest BCUT2D eigenvalue weighted by atomic mass is 16.5. The van der Waals surface area contributed by atoms with Gasteiger partial charge in [-0.05, 0) is 43.4 Å². The Bertz CT molecular complexity index is 723. The molecule has 1 N–H and O–H groups in total. The Hall–Kier alpha value is -2.37. The minimum atomic E-state index is -0.909. The minimum absolute atomic E-state index is 0.0243. The minimum Gasteiger partial charge on any atom is -0.452 e. The molecular formula is C22H30N2O4. The molecule has 6 nitrogen and oxygen atoms in total. The lowest BCUT2D eigenvalue weighted by Crippen LogP contribution is -2.36. The smallest absolute Gasteiger partial charge is 0.312 e. The summed E-state index contributed by atoms with van der Waals surface area (Å²) >= 11 is 0. The summed E-state index contributed by atoms with van der Waals surface area (Å²) in [6.07, 6.45) is 3.58. The van der Waals surface area contributed by atoms with Crippen LogP contribution in [-0.2, 0) is 19.1 Å². The van der Waals surface area contributed by atoms with E-state index in [0.717, 1.165) is 25.7 Å². The second-order valence-corrected chi connectivity index (χ2v) is 8.23. The zero-order valence-corrected chi connectivity index (χ0v) is 16.9. The summed E-state index contributed by atoms with van der Waals surface area (Å²) in [6.45, 7) is 6.18. The normalized spacial score (nSPS) is 21.2. The largest absolute Gasteiger partial charge is 0.452 e. The summed E-state index contributed by atoms with van der Waals surface area (Å²) in [5.41, 5.74) is 1.86. The average Bonchev–Trinajstić information content (AvgIpc) is 3.31. The maximum atomic E-state index is 12.5. The van der Waals surface area contributed by atoms with E-state index in [9.17, 15) is 14.4 Å². The number of benzene rings is 1. The van der Waals surface area contributed by atoms with Gasteiger partial charge in [-0.3, -0.25) is 14.4 Å². The number of ether oxygens (including phenoxy) is 1. The fourth-order valence-electron chi connectivity index (χ4n) is 3.98. The highest BCUT2D eigenvalue weighted by Gasteiger charge is 2.40. The van der Waals surface area contributed by atoms with E-state index in [-0.39, 0.29) is 24.3 Å². The van der Waals surface area contributed by atoms with Crippen LogP contribution in [0.3, 0.4) is 0 Å². The van der Waals surface area contributed by atoms with Crippen molar-refractivity contribution < 1.29 is 19.1 Å². The molecule has 2 amide bonds. The van der Waals surface area contributed by atoms with E-state index in [0.29, 0.717) is 18.2 Å². The summed E-state index contributed by atoms with van der Waals surface area (Å²) in [4.78, 5) is 38.9. The number of nitrogens with zero attached hydrogens (tertiary/aromatic N) is 1. The van der Waals surface area contributed by atoms with E-state index in [2.05, 4.69) is 19.2 Å².